The molecule has 1 aromatic carbocycles. The largest absolute Gasteiger partial charge is 0.308 e. The highest BCUT2D eigenvalue weighted by Gasteiger charge is 2.18. The van der Waals surface area contributed by atoms with E-state index in [1.165, 1.54) is 37.1 Å². The Kier molecular flexibility index (Phi) is 3.43. The second-order valence-electron chi connectivity index (χ2n) is 5.25. The Hall–Kier alpha value is -1.92. The predicted molar refractivity (Wildman–Crippen MR) is 82.9 cm³/mol. The maximum Gasteiger partial charge on any atom is 0.308 e. The molecule has 0 fully saturated rings. The summed E-state index contributed by atoms with van der Waals surface area (Å²) in [6.45, 7) is 0. The average Bonchev–Trinajstić information content (AvgIpc) is 3.07. The van der Waals surface area contributed by atoms with Gasteiger partial charge in [-0.25, -0.2) is 8.96 Å². The minimum Gasteiger partial charge on any atom is -0.236 e. The number of aryl methyl sites for hydroxylation is 1. The van der Waals surface area contributed by atoms with Crippen molar-refractivity contribution in [2.75, 3.05) is 14.1 Å². The zero-order chi connectivity index (χ0) is 15.0. The van der Waals surface area contributed by atoms with Gasteiger partial charge in [0.1, 0.15) is 6.33 Å². The monoisotopic (exact) mass is 303 g/mol. The number of hydrogen-bond acceptors (Lipinski definition) is 3. The number of allylic oxidation sites excluding steroid dienone is 1. The van der Waals surface area contributed by atoms with Gasteiger partial charge in [0.15, 0.2) is 0 Å². The summed E-state index contributed by atoms with van der Waals surface area (Å²) in [4.78, 5) is 4.18. The summed E-state index contributed by atoms with van der Waals surface area (Å²) in [5.74, 6) is 0. The molecule has 6 heteroatoms. The van der Waals surface area contributed by atoms with Gasteiger partial charge in [-0.2, -0.15) is 12.7 Å². The van der Waals surface area contributed by atoms with Crippen molar-refractivity contribution in [3.63, 3.8) is 0 Å². The molecule has 0 saturated heterocycles. The molecule has 0 saturated carbocycles. The van der Waals surface area contributed by atoms with E-state index in [9.17, 15) is 8.42 Å². The van der Waals surface area contributed by atoms with Crippen molar-refractivity contribution in [3.8, 4) is 0 Å². The highest BCUT2D eigenvalue weighted by molar-refractivity contribution is 7.87. The Bertz CT molecular complexity index is 804. The van der Waals surface area contributed by atoms with Crippen molar-refractivity contribution in [3.05, 3.63) is 53.6 Å². The number of benzene rings is 1. The third kappa shape index (κ3) is 2.52. The minimum atomic E-state index is -3.49. The summed E-state index contributed by atoms with van der Waals surface area (Å²) in [6.07, 6.45) is 6.84. The number of aromatic nitrogens is 2. The van der Waals surface area contributed by atoms with Crippen LogP contribution >= 0.6 is 0 Å². The quantitative estimate of drug-likeness (QED) is 0.872. The van der Waals surface area contributed by atoms with E-state index in [2.05, 4.69) is 17.1 Å². The smallest absolute Gasteiger partial charge is 0.236 e. The van der Waals surface area contributed by atoms with Crippen LogP contribution in [0.25, 0.3) is 11.6 Å². The Labute approximate surface area is 124 Å². The van der Waals surface area contributed by atoms with Crippen LogP contribution < -0.4 is 0 Å². The fourth-order valence-corrected chi connectivity index (χ4v) is 3.28. The fourth-order valence-electron chi connectivity index (χ4n) is 2.49. The summed E-state index contributed by atoms with van der Waals surface area (Å²) < 4.78 is 26.3. The van der Waals surface area contributed by atoms with E-state index in [1.54, 1.807) is 6.20 Å². The molecule has 0 unspecified atom stereocenters. The van der Waals surface area contributed by atoms with Crippen LogP contribution in [0.3, 0.4) is 0 Å². The van der Waals surface area contributed by atoms with Crippen molar-refractivity contribution < 1.29 is 8.42 Å². The van der Waals surface area contributed by atoms with Gasteiger partial charge < -0.3 is 0 Å². The molecule has 110 valence electrons. The summed E-state index contributed by atoms with van der Waals surface area (Å²) in [5.41, 5.74) is 4.44. The van der Waals surface area contributed by atoms with Crippen LogP contribution in [0.1, 0.15) is 23.2 Å². The van der Waals surface area contributed by atoms with Gasteiger partial charge >= 0.3 is 10.2 Å². The molecule has 1 aromatic heterocycles. The van der Waals surface area contributed by atoms with Crippen LogP contribution in [0.2, 0.25) is 0 Å². The van der Waals surface area contributed by atoms with Crippen molar-refractivity contribution in [1.82, 2.24) is 13.3 Å². The van der Waals surface area contributed by atoms with Gasteiger partial charge in [-0.05, 0) is 35.6 Å². The predicted octanol–water partition coefficient (Wildman–Crippen LogP) is 2.02. The SMILES string of the molecule is CN(C)S(=O)(=O)n1cnc(/C=C2\CCc3ccccc32)c1. The Morgan fingerprint density at radius 1 is 1.24 bits per heavy atom. The van der Waals surface area contributed by atoms with E-state index in [0.29, 0.717) is 5.69 Å². The first-order valence-corrected chi connectivity index (χ1v) is 8.14. The number of rotatable bonds is 3. The van der Waals surface area contributed by atoms with Crippen LogP contribution in [0.4, 0.5) is 0 Å². The van der Waals surface area contributed by atoms with Crippen LogP contribution in [-0.4, -0.2) is 35.8 Å². The molecule has 1 aliphatic rings. The molecular formula is C15H17N3O2S. The fraction of sp³-hybridized carbons (Fsp3) is 0.267. The molecule has 0 bridgehead atoms. The van der Waals surface area contributed by atoms with E-state index >= 15 is 0 Å². The summed E-state index contributed by atoms with van der Waals surface area (Å²) >= 11 is 0. The molecule has 21 heavy (non-hydrogen) atoms. The van der Waals surface area contributed by atoms with Crippen LogP contribution in [-0.2, 0) is 16.6 Å². The van der Waals surface area contributed by atoms with E-state index in [1.807, 2.05) is 18.2 Å². The highest BCUT2D eigenvalue weighted by Crippen LogP contribution is 2.33. The standard InChI is InChI=1S/C15H17N3O2S/c1-17(2)21(19,20)18-10-14(16-11-18)9-13-8-7-12-5-3-4-6-15(12)13/h3-6,9-11H,7-8H2,1-2H3/b13-9+. The number of fused-ring (bicyclic) bond motifs is 1. The van der Waals surface area contributed by atoms with Crippen molar-refractivity contribution in [1.29, 1.82) is 0 Å². The lowest BCUT2D eigenvalue weighted by molar-refractivity contribution is 0.510. The van der Waals surface area contributed by atoms with Gasteiger partial charge in [-0.15, -0.1) is 0 Å². The first-order valence-electron chi connectivity index (χ1n) is 6.74. The molecule has 0 atom stereocenters. The average molecular weight is 303 g/mol. The number of imidazole rings is 1. The van der Waals surface area contributed by atoms with Gasteiger partial charge in [0.05, 0.1) is 5.69 Å². The van der Waals surface area contributed by atoms with Crippen molar-refractivity contribution in [2.45, 2.75) is 12.8 Å². The van der Waals surface area contributed by atoms with Crippen LogP contribution in [0.15, 0.2) is 36.8 Å². The molecule has 5 nitrogen and oxygen atoms in total. The molecular weight excluding hydrogens is 286 g/mol. The normalized spacial score (nSPS) is 16.6. The molecule has 1 heterocycles. The van der Waals surface area contributed by atoms with E-state index in [4.69, 9.17) is 0 Å². The molecule has 1 aliphatic carbocycles. The summed E-state index contributed by atoms with van der Waals surface area (Å²) in [6, 6.07) is 8.29. The molecule has 0 N–H and O–H groups in total. The van der Waals surface area contributed by atoms with Gasteiger partial charge in [-0.3, -0.25) is 0 Å². The third-order valence-electron chi connectivity index (χ3n) is 3.66. The zero-order valence-electron chi connectivity index (χ0n) is 12.0. The van der Waals surface area contributed by atoms with E-state index in [-0.39, 0.29) is 0 Å². The highest BCUT2D eigenvalue weighted by atomic mass is 32.2. The van der Waals surface area contributed by atoms with Crippen molar-refractivity contribution in [2.24, 2.45) is 0 Å². The first kappa shape index (κ1) is 14.0. The van der Waals surface area contributed by atoms with Crippen LogP contribution in [0, 0.1) is 0 Å². The minimum absolute atomic E-state index is 0.659. The zero-order valence-corrected chi connectivity index (χ0v) is 12.8. The molecule has 0 spiro atoms. The molecule has 3 rings (SSSR count). The van der Waals surface area contributed by atoms with Crippen molar-refractivity contribution >= 4 is 21.9 Å². The summed E-state index contributed by atoms with van der Waals surface area (Å²) in [5, 5.41) is 0. The second kappa shape index (κ2) is 5.13. The summed E-state index contributed by atoms with van der Waals surface area (Å²) in [7, 11) is -0.491. The molecule has 0 radical (unpaired) electrons. The van der Waals surface area contributed by atoms with Gasteiger partial charge in [0.25, 0.3) is 0 Å². The Balaban J connectivity index is 1.95. The Morgan fingerprint density at radius 2 is 2.00 bits per heavy atom. The lowest BCUT2D eigenvalue weighted by atomic mass is 10.1. The lowest BCUT2D eigenvalue weighted by Crippen LogP contribution is -2.27. The molecule has 0 amide bonds. The molecule has 2 aromatic rings. The van der Waals surface area contributed by atoms with Gasteiger partial charge in [0, 0.05) is 20.3 Å². The topological polar surface area (TPSA) is 55.2 Å². The molecule has 0 aliphatic heterocycles. The third-order valence-corrected chi connectivity index (χ3v) is 5.31. The maximum atomic E-state index is 12.0. The Morgan fingerprint density at radius 3 is 2.76 bits per heavy atom. The number of nitrogens with zero attached hydrogens (tertiary/aromatic N) is 3. The lowest BCUT2D eigenvalue weighted by Gasteiger charge is -2.10. The second-order valence-corrected chi connectivity index (χ2v) is 7.29. The van der Waals surface area contributed by atoms with E-state index in [0.717, 1.165) is 21.1 Å². The maximum absolute atomic E-state index is 12.0. The van der Waals surface area contributed by atoms with Gasteiger partial charge in [-0.1, -0.05) is 24.3 Å². The number of hydrogen-bond donors (Lipinski definition) is 0. The van der Waals surface area contributed by atoms with E-state index < -0.39 is 10.2 Å². The van der Waals surface area contributed by atoms with Gasteiger partial charge in [0.2, 0.25) is 0 Å². The van der Waals surface area contributed by atoms with Crippen LogP contribution in [0.5, 0.6) is 0 Å². The first-order chi connectivity index (χ1) is 9.98.